The third-order valence-electron chi connectivity index (χ3n) is 3.80. The summed E-state index contributed by atoms with van der Waals surface area (Å²) >= 11 is 0. The summed E-state index contributed by atoms with van der Waals surface area (Å²) in [6.45, 7) is 4.92. The second-order valence-corrected chi connectivity index (χ2v) is 5.89. The maximum absolute atomic E-state index is 11.5. The van der Waals surface area contributed by atoms with Gasteiger partial charge in [0.05, 0.1) is 12.2 Å². The SMILES string of the molecule is CC/C=C(OCCCCCCC)/C(C=O)=C\N(C)c1ccccc1. The van der Waals surface area contributed by atoms with Crippen LogP contribution in [0.4, 0.5) is 5.69 Å². The number of ether oxygens (including phenoxy) is 1. The van der Waals surface area contributed by atoms with Gasteiger partial charge in [0.25, 0.3) is 0 Å². The highest BCUT2D eigenvalue weighted by Gasteiger charge is 2.08. The van der Waals surface area contributed by atoms with E-state index in [0.29, 0.717) is 17.9 Å². The lowest BCUT2D eigenvalue weighted by molar-refractivity contribution is -0.105. The summed E-state index contributed by atoms with van der Waals surface area (Å²) in [5, 5.41) is 0. The Morgan fingerprint density at radius 2 is 1.79 bits per heavy atom. The molecule has 0 unspecified atom stereocenters. The fourth-order valence-electron chi connectivity index (χ4n) is 2.43. The molecule has 0 aliphatic carbocycles. The smallest absolute Gasteiger partial charge is 0.155 e. The molecule has 1 aromatic carbocycles. The van der Waals surface area contributed by atoms with Gasteiger partial charge in [-0.1, -0.05) is 57.7 Å². The Hall–Kier alpha value is -2.03. The number of hydrogen-bond acceptors (Lipinski definition) is 3. The fraction of sp³-hybridized carbons (Fsp3) is 0.476. The Labute approximate surface area is 147 Å². The van der Waals surface area contributed by atoms with Crippen LogP contribution in [0, 0.1) is 0 Å². The molecular weight excluding hydrogens is 298 g/mol. The average Bonchev–Trinajstić information content (AvgIpc) is 2.62. The van der Waals surface area contributed by atoms with E-state index in [1.807, 2.05) is 61.5 Å². The number of carbonyl (C=O) groups excluding carboxylic acids is 1. The van der Waals surface area contributed by atoms with E-state index >= 15 is 0 Å². The Morgan fingerprint density at radius 1 is 1.08 bits per heavy atom. The molecule has 0 N–H and O–H groups in total. The lowest BCUT2D eigenvalue weighted by Crippen LogP contribution is -2.11. The zero-order chi connectivity index (χ0) is 17.6. The third-order valence-corrected chi connectivity index (χ3v) is 3.80. The molecule has 0 atom stereocenters. The van der Waals surface area contributed by atoms with Crippen molar-refractivity contribution in [2.24, 2.45) is 0 Å². The number of aldehydes is 1. The molecule has 0 amide bonds. The molecule has 1 rings (SSSR count). The first-order valence-electron chi connectivity index (χ1n) is 9.01. The van der Waals surface area contributed by atoms with Crippen LogP contribution in [0.1, 0.15) is 52.4 Å². The lowest BCUT2D eigenvalue weighted by Gasteiger charge is -2.17. The van der Waals surface area contributed by atoms with E-state index in [0.717, 1.165) is 24.8 Å². The van der Waals surface area contributed by atoms with Crippen LogP contribution in [0.25, 0.3) is 0 Å². The first-order chi connectivity index (χ1) is 11.7. The molecule has 0 aliphatic heterocycles. The number of hydrogen-bond donors (Lipinski definition) is 0. The van der Waals surface area contributed by atoms with Crippen LogP contribution in [0.5, 0.6) is 0 Å². The maximum atomic E-state index is 11.5. The summed E-state index contributed by atoms with van der Waals surface area (Å²) in [4.78, 5) is 13.5. The zero-order valence-corrected chi connectivity index (χ0v) is 15.3. The van der Waals surface area contributed by atoms with E-state index in [9.17, 15) is 4.79 Å². The van der Waals surface area contributed by atoms with Crippen LogP contribution in [0.3, 0.4) is 0 Å². The number of benzene rings is 1. The molecule has 0 bridgehead atoms. The quantitative estimate of drug-likeness (QED) is 0.167. The molecule has 0 aliphatic rings. The minimum Gasteiger partial charge on any atom is -0.493 e. The number of allylic oxidation sites excluding steroid dienone is 2. The van der Waals surface area contributed by atoms with Gasteiger partial charge in [0.2, 0.25) is 0 Å². The standard InChI is InChI=1S/C21H31NO2/c1-4-6-7-8-12-16-24-21(13-5-2)19(18-23)17-22(3)20-14-10-9-11-15-20/h9-11,13-15,17-18H,4-8,12,16H2,1-3H3/b19-17-,21-13-. The minimum absolute atomic E-state index is 0.580. The van der Waals surface area contributed by atoms with Crippen molar-refractivity contribution in [2.75, 3.05) is 18.6 Å². The summed E-state index contributed by atoms with van der Waals surface area (Å²) < 4.78 is 5.89. The lowest BCUT2D eigenvalue weighted by atomic mass is 10.1. The average molecular weight is 329 g/mol. The molecule has 0 heterocycles. The molecule has 3 heteroatoms. The van der Waals surface area contributed by atoms with Gasteiger partial charge in [-0.25, -0.2) is 0 Å². The highest BCUT2D eigenvalue weighted by molar-refractivity contribution is 5.80. The molecule has 1 aromatic rings. The number of para-hydroxylation sites is 1. The molecule has 0 radical (unpaired) electrons. The molecule has 0 aromatic heterocycles. The van der Waals surface area contributed by atoms with Crippen molar-refractivity contribution >= 4 is 12.0 Å². The zero-order valence-electron chi connectivity index (χ0n) is 15.3. The van der Waals surface area contributed by atoms with Gasteiger partial charge in [0.1, 0.15) is 5.76 Å². The van der Waals surface area contributed by atoms with Crippen molar-refractivity contribution < 1.29 is 9.53 Å². The van der Waals surface area contributed by atoms with Crippen molar-refractivity contribution in [3.8, 4) is 0 Å². The van der Waals surface area contributed by atoms with E-state index < -0.39 is 0 Å². The first-order valence-corrected chi connectivity index (χ1v) is 9.01. The largest absolute Gasteiger partial charge is 0.493 e. The third kappa shape index (κ3) is 7.49. The van der Waals surface area contributed by atoms with E-state index in [-0.39, 0.29) is 0 Å². The molecule has 0 spiro atoms. The Kier molecular flexibility index (Phi) is 10.3. The fourth-order valence-corrected chi connectivity index (χ4v) is 2.43. The van der Waals surface area contributed by atoms with Crippen molar-refractivity contribution in [3.05, 3.63) is 53.9 Å². The van der Waals surface area contributed by atoms with Crippen molar-refractivity contribution in [2.45, 2.75) is 52.4 Å². The number of nitrogens with zero attached hydrogens (tertiary/aromatic N) is 1. The number of rotatable bonds is 12. The molecule has 24 heavy (non-hydrogen) atoms. The Balaban J connectivity index is 2.67. The summed E-state index contributed by atoms with van der Waals surface area (Å²) in [6, 6.07) is 9.96. The van der Waals surface area contributed by atoms with Gasteiger partial charge in [-0.05, 0) is 31.1 Å². The van der Waals surface area contributed by atoms with Crippen molar-refractivity contribution in [1.82, 2.24) is 0 Å². The van der Waals surface area contributed by atoms with Gasteiger partial charge in [-0.15, -0.1) is 0 Å². The van der Waals surface area contributed by atoms with E-state index in [2.05, 4.69) is 6.92 Å². The second kappa shape index (κ2) is 12.4. The summed E-state index contributed by atoms with van der Waals surface area (Å²) in [5.74, 6) is 0.686. The molecule has 0 saturated heterocycles. The molecule has 132 valence electrons. The predicted molar refractivity (Wildman–Crippen MR) is 102 cm³/mol. The predicted octanol–water partition coefficient (Wildman–Crippen LogP) is 5.49. The number of anilines is 1. The number of unbranched alkanes of at least 4 members (excludes halogenated alkanes) is 4. The van der Waals surface area contributed by atoms with Crippen LogP contribution in [0.2, 0.25) is 0 Å². The van der Waals surface area contributed by atoms with E-state index in [1.54, 1.807) is 0 Å². The first kappa shape index (κ1) is 20.0. The van der Waals surface area contributed by atoms with Crippen molar-refractivity contribution in [1.29, 1.82) is 0 Å². The van der Waals surface area contributed by atoms with Crippen LogP contribution < -0.4 is 4.90 Å². The molecular formula is C21H31NO2. The highest BCUT2D eigenvalue weighted by atomic mass is 16.5. The highest BCUT2D eigenvalue weighted by Crippen LogP contribution is 2.17. The second-order valence-electron chi connectivity index (χ2n) is 5.89. The Morgan fingerprint density at radius 3 is 2.42 bits per heavy atom. The Bertz CT molecular complexity index is 520. The van der Waals surface area contributed by atoms with Crippen LogP contribution >= 0.6 is 0 Å². The summed E-state index contributed by atoms with van der Waals surface area (Å²) in [5.41, 5.74) is 1.61. The van der Waals surface area contributed by atoms with Crippen LogP contribution in [-0.2, 0) is 9.53 Å². The normalized spacial score (nSPS) is 12.1. The van der Waals surface area contributed by atoms with Gasteiger partial charge in [-0.3, -0.25) is 4.79 Å². The van der Waals surface area contributed by atoms with Gasteiger partial charge < -0.3 is 9.64 Å². The molecule has 3 nitrogen and oxygen atoms in total. The van der Waals surface area contributed by atoms with Crippen molar-refractivity contribution in [3.63, 3.8) is 0 Å². The van der Waals surface area contributed by atoms with E-state index in [4.69, 9.17) is 4.74 Å². The van der Waals surface area contributed by atoms with E-state index in [1.165, 1.54) is 25.7 Å². The molecule has 0 fully saturated rings. The summed E-state index contributed by atoms with van der Waals surface area (Å²) in [6.07, 6.45) is 11.5. The topological polar surface area (TPSA) is 29.5 Å². The molecule has 0 saturated carbocycles. The van der Waals surface area contributed by atoms with Crippen LogP contribution in [0.15, 0.2) is 53.9 Å². The monoisotopic (exact) mass is 329 g/mol. The van der Waals surface area contributed by atoms with Gasteiger partial charge >= 0.3 is 0 Å². The van der Waals surface area contributed by atoms with Gasteiger partial charge in [-0.2, -0.15) is 0 Å². The maximum Gasteiger partial charge on any atom is 0.155 e. The van der Waals surface area contributed by atoms with Gasteiger partial charge in [0, 0.05) is 18.9 Å². The van der Waals surface area contributed by atoms with Crippen LogP contribution in [-0.4, -0.2) is 19.9 Å². The number of carbonyl (C=O) groups is 1. The summed E-state index contributed by atoms with van der Waals surface area (Å²) in [7, 11) is 1.94. The van der Waals surface area contributed by atoms with Gasteiger partial charge in [0.15, 0.2) is 6.29 Å². The minimum atomic E-state index is 0.580.